The average Bonchev–Trinajstić information content (AvgIpc) is 2.96. The molecule has 0 bridgehead atoms. The highest BCUT2D eigenvalue weighted by Crippen LogP contribution is 2.23. The summed E-state index contributed by atoms with van der Waals surface area (Å²) in [6.07, 6.45) is 2.86. The molecule has 1 aliphatic rings. The Morgan fingerprint density at radius 3 is 2.60 bits per heavy atom. The molecule has 1 fully saturated rings. The molecule has 134 valence electrons. The molecule has 5 nitrogen and oxygen atoms in total. The molecular formula is C18H21F2N3O2. The third-order valence-corrected chi connectivity index (χ3v) is 4.53. The van der Waals surface area contributed by atoms with Crippen LogP contribution < -0.4 is 4.74 Å². The van der Waals surface area contributed by atoms with E-state index in [0.717, 1.165) is 23.9 Å². The first-order chi connectivity index (χ1) is 12.0. The Morgan fingerprint density at radius 2 is 1.96 bits per heavy atom. The standard InChI is InChI=1S/C18H21F2N3O2/c1-22-16(25-18(19)20)12-15(21-22)17(24)23-9-7-14(8-10-23)11-13-5-3-2-4-6-13/h2-6,12,14,18H,7-11H2,1H3. The fourth-order valence-corrected chi connectivity index (χ4v) is 3.21. The first-order valence-corrected chi connectivity index (χ1v) is 8.35. The summed E-state index contributed by atoms with van der Waals surface area (Å²) >= 11 is 0. The number of likely N-dealkylation sites (tertiary alicyclic amines) is 1. The van der Waals surface area contributed by atoms with Gasteiger partial charge in [-0.2, -0.15) is 13.9 Å². The number of amides is 1. The van der Waals surface area contributed by atoms with Crippen LogP contribution in [-0.4, -0.2) is 40.3 Å². The van der Waals surface area contributed by atoms with Crippen molar-refractivity contribution in [3.63, 3.8) is 0 Å². The Hall–Kier alpha value is -2.44. The van der Waals surface area contributed by atoms with Crippen LogP contribution in [0.1, 0.15) is 28.9 Å². The van der Waals surface area contributed by atoms with Gasteiger partial charge in [0.05, 0.1) is 0 Å². The second kappa shape index (κ2) is 7.63. The zero-order chi connectivity index (χ0) is 17.8. The minimum Gasteiger partial charge on any atom is -0.417 e. The molecule has 1 saturated heterocycles. The minimum absolute atomic E-state index is 0.114. The molecule has 3 rings (SSSR count). The molecule has 0 atom stereocenters. The smallest absolute Gasteiger partial charge is 0.388 e. The van der Waals surface area contributed by atoms with Gasteiger partial charge in [-0.05, 0) is 30.7 Å². The number of aromatic nitrogens is 2. The molecule has 1 aromatic carbocycles. The van der Waals surface area contributed by atoms with Crippen LogP contribution in [0.4, 0.5) is 8.78 Å². The third kappa shape index (κ3) is 4.35. The van der Waals surface area contributed by atoms with Crippen LogP contribution in [0.5, 0.6) is 5.88 Å². The molecule has 0 aliphatic carbocycles. The van der Waals surface area contributed by atoms with Gasteiger partial charge in [0.25, 0.3) is 5.91 Å². The summed E-state index contributed by atoms with van der Waals surface area (Å²) in [7, 11) is 1.47. The van der Waals surface area contributed by atoms with Gasteiger partial charge in [-0.3, -0.25) is 4.79 Å². The average molecular weight is 349 g/mol. The molecule has 1 amide bonds. The van der Waals surface area contributed by atoms with Crippen molar-refractivity contribution in [3.8, 4) is 5.88 Å². The Bertz CT molecular complexity index is 710. The number of carbonyl (C=O) groups excluding carboxylic acids is 1. The van der Waals surface area contributed by atoms with Gasteiger partial charge < -0.3 is 9.64 Å². The Labute approximate surface area is 145 Å². The number of piperidine rings is 1. The van der Waals surface area contributed by atoms with Crippen molar-refractivity contribution in [2.45, 2.75) is 25.9 Å². The van der Waals surface area contributed by atoms with E-state index in [-0.39, 0.29) is 17.5 Å². The molecule has 7 heteroatoms. The van der Waals surface area contributed by atoms with Crippen molar-refractivity contribution >= 4 is 5.91 Å². The van der Waals surface area contributed by atoms with Crippen LogP contribution >= 0.6 is 0 Å². The Kier molecular flexibility index (Phi) is 5.31. The van der Waals surface area contributed by atoms with Gasteiger partial charge in [0.1, 0.15) is 0 Å². The van der Waals surface area contributed by atoms with E-state index < -0.39 is 6.61 Å². The van der Waals surface area contributed by atoms with Crippen molar-refractivity contribution < 1.29 is 18.3 Å². The first kappa shape index (κ1) is 17.4. The van der Waals surface area contributed by atoms with Crippen LogP contribution in [0.2, 0.25) is 0 Å². The van der Waals surface area contributed by atoms with E-state index in [1.807, 2.05) is 18.2 Å². The number of carbonyl (C=O) groups is 1. The number of rotatable bonds is 5. The zero-order valence-corrected chi connectivity index (χ0v) is 14.1. The van der Waals surface area contributed by atoms with Gasteiger partial charge in [0, 0.05) is 26.2 Å². The lowest BCUT2D eigenvalue weighted by Crippen LogP contribution is -2.39. The highest BCUT2D eigenvalue weighted by molar-refractivity contribution is 5.92. The molecule has 25 heavy (non-hydrogen) atoms. The topological polar surface area (TPSA) is 47.4 Å². The van der Waals surface area contributed by atoms with Crippen molar-refractivity contribution in [2.24, 2.45) is 13.0 Å². The molecule has 2 heterocycles. The van der Waals surface area contributed by atoms with E-state index in [1.54, 1.807) is 4.90 Å². The van der Waals surface area contributed by atoms with Crippen LogP contribution in [0.25, 0.3) is 0 Å². The number of ether oxygens (including phenoxy) is 1. The Balaban J connectivity index is 1.56. The fraction of sp³-hybridized carbons (Fsp3) is 0.444. The maximum absolute atomic E-state index is 12.5. The molecule has 1 aliphatic heterocycles. The van der Waals surface area contributed by atoms with Gasteiger partial charge in [0.2, 0.25) is 5.88 Å². The maximum atomic E-state index is 12.5. The summed E-state index contributed by atoms with van der Waals surface area (Å²) in [4.78, 5) is 14.3. The van der Waals surface area contributed by atoms with Gasteiger partial charge in [-0.1, -0.05) is 30.3 Å². The molecule has 0 radical (unpaired) electrons. The van der Waals surface area contributed by atoms with Gasteiger partial charge in [-0.25, -0.2) is 4.68 Å². The molecule has 0 N–H and O–H groups in total. The maximum Gasteiger partial charge on any atom is 0.388 e. The van der Waals surface area contributed by atoms with Crippen LogP contribution in [0.15, 0.2) is 36.4 Å². The molecule has 2 aromatic rings. The fourth-order valence-electron chi connectivity index (χ4n) is 3.21. The van der Waals surface area contributed by atoms with Crippen molar-refractivity contribution in [3.05, 3.63) is 47.7 Å². The number of halogens is 2. The summed E-state index contributed by atoms with van der Waals surface area (Å²) in [5, 5.41) is 3.99. The second-order valence-electron chi connectivity index (χ2n) is 6.30. The molecule has 0 saturated carbocycles. The van der Waals surface area contributed by atoms with Crippen molar-refractivity contribution in [1.29, 1.82) is 0 Å². The summed E-state index contributed by atoms with van der Waals surface area (Å²) in [5.41, 5.74) is 1.45. The van der Waals surface area contributed by atoms with E-state index in [1.165, 1.54) is 18.7 Å². The summed E-state index contributed by atoms with van der Waals surface area (Å²) in [5.74, 6) is 0.197. The lowest BCUT2D eigenvalue weighted by atomic mass is 9.90. The molecular weight excluding hydrogens is 328 g/mol. The number of alkyl halides is 2. The minimum atomic E-state index is -2.94. The molecule has 0 unspecified atom stereocenters. The number of nitrogens with zero attached hydrogens (tertiary/aromatic N) is 3. The third-order valence-electron chi connectivity index (χ3n) is 4.53. The molecule has 1 aromatic heterocycles. The highest BCUT2D eigenvalue weighted by atomic mass is 19.3. The SMILES string of the molecule is Cn1nc(C(=O)N2CCC(Cc3ccccc3)CC2)cc1OC(F)F. The highest BCUT2D eigenvalue weighted by Gasteiger charge is 2.26. The summed E-state index contributed by atoms with van der Waals surface area (Å²) in [6.45, 7) is -1.64. The van der Waals surface area contributed by atoms with Crippen LogP contribution in [-0.2, 0) is 13.5 Å². The van der Waals surface area contributed by atoms with Crippen LogP contribution in [0.3, 0.4) is 0 Å². The van der Waals surface area contributed by atoms with Gasteiger partial charge in [0.15, 0.2) is 5.69 Å². The monoisotopic (exact) mass is 349 g/mol. The zero-order valence-electron chi connectivity index (χ0n) is 14.1. The first-order valence-electron chi connectivity index (χ1n) is 8.35. The lowest BCUT2D eigenvalue weighted by molar-refractivity contribution is -0.0553. The van der Waals surface area contributed by atoms with E-state index in [9.17, 15) is 13.6 Å². The number of benzene rings is 1. The largest absolute Gasteiger partial charge is 0.417 e. The van der Waals surface area contributed by atoms with Crippen LogP contribution in [0, 0.1) is 5.92 Å². The molecule has 0 spiro atoms. The van der Waals surface area contributed by atoms with Crippen molar-refractivity contribution in [2.75, 3.05) is 13.1 Å². The number of aryl methyl sites for hydroxylation is 1. The van der Waals surface area contributed by atoms with E-state index in [4.69, 9.17) is 0 Å². The van der Waals surface area contributed by atoms with Crippen molar-refractivity contribution in [1.82, 2.24) is 14.7 Å². The van der Waals surface area contributed by atoms with E-state index in [2.05, 4.69) is 22.0 Å². The summed E-state index contributed by atoms with van der Waals surface area (Å²) in [6, 6.07) is 11.6. The number of hydrogen-bond donors (Lipinski definition) is 0. The van der Waals surface area contributed by atoms with E-state index >= 15 is 0 Å². The second-order valence-corrected chi connectivity index (χ2v) is 6.30. The predicted molar refractivity (Wildman–Crippen MR) is 88.6 cm³/mol. The summed E-state index contributed by atoms with van der Waals surface area (Å²) < 4.78 is 30.2. The normalized spacial score (nSPS) is 15.6. The van der Waals surface area contributed by atoms with Gasteiger partial charge >= 0.3 is 6.61 Å². The van der Waals surface area contributed by atoms with Gasteiger partial charge in [-0.15, -0.1) is 0 Å². The predicted octanol–water partition coefficient (Wildman–Crippen LogP) is 3.12. The Morgan fingerprint density at radius 1 is 1.28 bits per heavy atom. The number of hydrogen-bond acceptors (Lipinski definition) is 3. The lowest BCUT2D eigenvalue weighted by Gasteiger charge is -2.31. The quantitative estimate of drug-likeness (QED) is 0.833. The van der Waals surface area contributed by atoms with E-state index in [0.29, 0.717) is 19.0 Å².